The molecule has 0 saturated carbocycles. The number of nitrogens with one attached hydrogen (secondary N) is 1. The Bertz CT molecular complexity index is 744. The molecule has 0 atom stereocenters. The predicted octanol–water partition coefficient (Wildman–Crippen LogP) is 3.90. The average Bonchev–Trinajstić information content (AvgIpc) is 2.54. The highest BCUT2D eigenvalue weighted by Crippen LogP contribution is 2.34. The number of ether oxygens (including phenoxy) is 1. The van der Waals surface area contributed by atoms with Gasteiger partial charge in [0.2, 0.25) is 0 Å². The molecular formula is C16H13N3OS. The van der Waals surface area contributed by atoms with Gasteiger partial charge in [0.25, 0.3) is 0 Å². The Labute approximate surface area is 128 Å². The van der Waals surface area contributed by atoms with Crippen LogP contribution >= 0.6 is 11.8 Å². The van der Waals surface area contributed by atoms with Crippen LogP contribution in [0, 0.1) is 22.7 Å². The number of methoxy groups -OCH3 is 1. The molecule has 0 heterocycles. The quantitative estimate of drug-likeness (QED) is 0.866. The topological polar surface area (TPSA) is 68.8 Å². The molecule has 0 aromatic heterocycles. The smallest absolute Gasteiger partial charge is 0.143 e. The number of hydrogen-bond acceptors (Lipinski definition) is 5. The molecule has 0 spiro atoms. The summed E-state index contributed by atoms with van der Waals surface area (Å²) < 4.78 is 5.29. The largest absolute Gasteiger partial charge is 0.495 e. The second-order valence-corrected chi connectivity index (χ2v) is 4.96. The number of benzene rings is 2. The van der Waals surface area contributed by atoms with E-state index in [1.54, 1.807) is 25.3 Å². The maximum atomic E-state index is 9.36. The maximum absolute atomic E-state index is 9.36. The van der Waals surface area contributed by atoms with Gasteiger partial charge in [-0.3, -0.25) is 0 Å². The Morgan fingerprint density at radius 1 is 1.10 bits per heavy atom. The Morgan fingerprint density at radius 3 is 2.48 bits per heavy atom. The summed E-state index contributed by atoms with van der Waals surface area (Å²) >= 11 is 1.51. The second-order valence-electron chi connectivity index (χ2n) is 4.11. The maximum Gasteiger partial charge on any atom is 0.143 e. The Kier molecular flexibility index (Phi) is 4.71. The van der Waals surface area contributed by atoms with Crippen molar-refractivity contribution in [2.24, 2.45) is 0 Å². The number of para-hydroxylation sites is 1. The molecule has 5 heteroatoms. The highest BCUT2D eigenvalue weighted by Gasteiger charge is 2.13. The van der Waals surface area contributed by atoms with Crippen molar-refractivity contribution in [1.29, 1.82) is 10.5 Å². The first-order valence-corrected chi connectivity index (χ1v) is 7.38. The Hall–Kier alpha value is -2.63. The van der Waals surface area contributed by atoms with Crippen LogP contribution in [0.25, 0.3) is 0 Å². The molecule has 0 saturated heterocycles. The van der Waals surface area contributed by atoms with Crippen LogP contribution in [0.1, 0.15) is 11.1 Å². The van der Waals surface area contributed by atoms with Gasteiger partial charge in [0, 0.05) is 4.90 Å². The van der Waals surface area contributed by atoms with E-state index in [1.807, 2.05) is 24.5 Å². The minimum absolute atomic E-state index is 0.466. The lowest BCUT2D eigenvalue weighted by atomic mass is 10.1. The molecule has 0 radical (unpaired) electrons. The zero-order valence-corrected chi connectivity index (χ0v) is 12.5. The van der Waals surface area contributed by atoms with Gasteiger partial charge in [-0.25, -0.2) is 0 Å². The van der Waals surface area contributed by atoms with E-state index in [4.69, 9.17) is 4.74 Å². The number of thioether (sulfide) groups is 1. The molecule has 0 bridgehead atoms. The fraction of sp³-hybridized carbons (Fsp3) is 0.125. The molecular weight excluding hydrogens is 282 g/mol. The van der Waals surface area contributed by atoms with Crippen LogP contribution in [0.4, 0.5) is 11.4 Å². The van der Waals surface area contributed by atoms with E-state index in [-0.39, 0.29) is 0 Å². The van der Waals surface area contributed by atoms with E-state index in [2.05, 4.69) is 17.5 Å². The van der Waals surface area contributed by atoms with Crippen molar-refractivity contribution in [1.82, 2.24) is 0 Å². The lowest BCUT2D eigenvalue weighted by molar-refractivity contribution is 0.416. The molecule has 4 nitrogen and oxygen atoms in total. The van der Waals surface area contributed by atoms with Gasteiger partial charge >= 0.3 is 0 Å². The standard InChI is InChI=1S/C16H13N3OS/c1-20-14-7-3-5-11(9-17)16(14)19-13-6-4-8-15(21-2)12(13)10-18/h3-8,19H,1-2H3. The molecule has 0 fully saturated rings. The zero-order valence-electron chi connectivity index (χ0n) is 11.7. The highest BCUT2D eigenvalue weighted by molar-refractivity contribution is 7.98. The summed E-state index contributed by atoms with van der Waals surface area (Å²) in [5, 5.41) is 21.7. The van der Waals surface area contributed by atoms with Crippen molar-refractivity contribution in [3.63, 3.8) is 0 Å². The molecule has 21 heavy (non-hydrogen) atoms. The Balaban J connectivity index is 2.54. The molecule has 1 N–H and O–H groups in total. The fourth-order valence-electron chi connectivity index (χ4n) is 1.98. The third-order valence-corrected chi connectivity index (χ3v) is 3.76. The highest BCUT2D eigenvalue weighted by atomic mass is 32.2. The molecule has 2 rings (SSSR count). The number of hydrogen-bond donors (Lipinski definition) is 1. The van der Waals surface area contributed by atoms with E-state index in [9.17, 15) is 10.5 Å². The number of anilines is 2. The average molecular weight is 295 g/mol. The minimum Gasteiger partial charge on any atom is -0.495 e. The lowest BCUT2D eigenvalue weighted by Gasteiger charge is -2.14. The van der Waals surface area contributed by atoms with Crippen LogP contribution in [0.2, 0.25) is 0 Å². The summed E-state index contributed by atoms with van der Waals surface area (Å²) in [6.45, 7) is 0. The van der Waals surface area contributed by atoms with Crippen LogP contribution in [-0.2, 0) is 0 Å². The van der Waals surface area contributed by atoms with Crippen molar-refractivity contribution in [2.45, 2.75) is 4.90 Å². The third-order valence-electron chi connectivity index (χ3n) is 2.98. The predicted molar refractivity (Wildman–Crippen MR) is 83.9 cm³/mol. The first-order valence-electron chi connectivity index (χ1n) is 6.16. The summed E-state index contributed by atoms with van der Waals surface area (Å²) in [4.78, 5) is 0.885. The van der Waals surface area contributed by atoms with Gasteiger partial charge in [-0.1, -0.05) is 12.1 Å². The summed E-state index contributed by atoms with van der Waals surface area (Å²) in [6.07, 6.45) is 1.92. The van der Waals surface area contributed by atoms with E-state index < -0.39 is 0 Å². The molecule has 0 aliphatic rings. The Morgan fingerprint density at radius 2 is 1.86 bits per heavy atom. The fourth-order valence-corrected chi connectivity index (χ4v) is 2.55. The molecule has 0 unspecified atom stereocenters. The van der Waals surface area contributed by atoms with E-state index >= 15 is 0 Å². The van der Waals surface area contributed by atoms with E-state index in [0.29, 0.717) is 28.3 Å². The van der Waals surface area contributed by atoms with Crippen molar-refractivity contribution < 1.29 is 4.74 Å². The molecule has 2 aromatic carbocycles. The van der Waals surface area contributed by atoms with Crippen molar-refractivity contribution in [2.75, 3.05) is 18.7 Å². The lowest BCUT2D eigenvalue weighted by Crippen LogP contribution is -2.00. The second kappa shape index (κ2) is 6.69. The first-order chi connectivity index (χ1) is 10.2. The van der Waals surface area contributed by atoms with Crippen molar-refractivity contribution in [3.8, 4) is 17.9 Å². The number of nitrogens with zero attached hydrogens (tertiary/aromatic N) is 2. The van der Waals surface area contributed by atoms with Gasteiger partial charge in [0.1, 0.15) is 17.9 Å². The van der Waals surface area contributed by atoms with Gasteiger partial charge in [-0.2, -0.15) is 10.5 Å². The first kappa shape index (κ1) is 14.8. The van der Waals surface area contributed by atoms with E-state index in [1.165, 1.54) is 11.8 Å². The summed E-state index contributed by atoms with van der Waals surface area (Å²) in [5.41, 5.74) is 2.25. The normalized spacial score (nSPS) is 9.52. The van der Waals surface area contributed by atoms with Gasteiger partial charge in [0.05, 0.1) is 29.6 Å². The number of rotatable bonds is 4. The van der Waals surface area contributed by atoms with E-state index in [0.717, 1.165) is 4.90 Å². The SMILES string of the molecule is COc1cccc(C#N)c1Nc1cccc(SC)c1C#N. The summed E-state index contributed by atoms with van der Waals surface area (Å²) in [7, 11) is 1.55. The van der Waals surface area contributed by atoms with Gasteiger partial charge in [-0.15, -0.1) is 11.8 Å². The van der Waals surface area contributed by atoms with Gasteiger partial charge < -0.3 is 10.1 Å². The summed E-state index contributed by atoms with van der Waals surface area (Å²) in [5.74, 6) is 0.562. The molecule has 0 aliphatic carbocycles. The van der Waals surface area contributed by atoms with Crippen LogP contribution in [0.5, 0.6) is 5.75 Å². The van der Waals surface area contributed by atoms with Crippen LogP contribution in [-0.4, -0.2) is 13.4 Å². The summed E-state index contributed by atoms with van der Waals surface area (Å²) in [6, 6.07) is 15.1. The number of nitriles is 2. The molecule has 2 aromatic rings. The monoisotopic (exact) mass is 295 g/mol. The molecule has 0 aliphatic heterocycles. The zero-order chi connectivity index (χ0) is 15.2. The van der Waals surface area contributed by atoms with Crippen molar-refractivity contribution in [3.05, 3.63) is 47.5 Å². The van der Waals surface area contributed by atoms with Crippen molar-refractivity contribution >= 4 is 23.1 Å². The van der Waals surface area contributed by atoms with Gasteiger partial charge in [0.15, 0.2) is 0 Å². The molecule has 0 amide bonds. The molecule has 104 valence electrons. The minimum atomic E-state index is 0.466. The van der Waals surface area contributed by atoms with Gasteiger partial charge in [-0.05, 0) is 30.5 Å². The third kappa shape index (κ3) is 2.94. The van der Waals surface area contributed by atoms with Crippen LogP contribution < -0.4 is 10.1 Å². The van der Waals surface area contributed by atoms with Crippen LogP contribution in [0.15, 0.2) is 41.3 Å². The van der Waals surface area contributed by atoms with Crippen LogP contribution in [0.3, 0.4) is 0 Å².